The highest BCUT2D eigenvalue weighted by molar-refractivity contribution is 9.10. The van der Waals surface area contributed by atoms with Gasteiger partial charge in [-0.3, -0.25) is 4.68 Å². The summed E-state index contributed by atoms with van der Waals surface area (Å²) in [5.74, 6) is -0.533. The largest absolute Gasteiger partial charge is 0.465 e. The number of ether oxygens (including phenoxy) is 1. The number of hydrogen-bond acceptors (Lipinski definition) is 4. The van der Waals surface area contributed by atoms with Crippen LogP contribution in [0.2, 0.25) is 0 Å². The van der Waals surface area contributed by atoms with E-state index >= 15 is 0 Å². The van der Waals surface area contributed by atoms with E-state index in [2.05, 4.69) is 21.0 Å². The molecule has 0 radical (unpaired) electrons. The maximum Gasteiger partial charge on any atom is 0.407 e. The fraction of sp³-hybridized carbons (Fsp3) is 0.583. The molecule has 7 nitrogen and oxygen atoms in total. The third kappa shape index (κ3) is 3.17. The number of alkyl halides is 1. The highest BCUT2D eigenvalue weighted by Crippen LogP contribution is 2.30. The first-order valence-electron chi connectivity index (χ1n) is 6.47. The van der Waals surface area contributed by atoms with Crippen molar-refractivity contribution in [2.45, 2.75) is 25.6 Å². The lowest BCUT2D eigenvalue weighted by atomic mass is 10.0. The van der Waals surface area contributed by atoms with Gasteiger partial charge in [0.05, 0.1) is 25.4 Å². The van der Waals surface area contributed by atoms with Crippen LogP contribution in [0.15, 0.2) is 10.8 Å². The average molecular weight is 364 g/mol. The van der Waals surface area contributed by atoms with E-state index in [4.69, 9.17) is 9.84 Å². The Morgan fingerprint density at radius 2 is 2.33 bits per heavy atom. The van der Waals surface area contributed by atoms with Crippen LogP contribution < -0.4 is 0 Å². The van der Waals surface area contributed by atoms with E-state index in [0.717, 1.165) is 4.90 Å². The summed E-state index contributed by atoms with van der Waals surface area (Å²) in [4.78, 5) is 23.6. The Balaban J connectivity index is 2.16. The summed E-state index contributed by atoms with van der Waals surface area (Å²) >= 11 is 3.23. The number of piperidine rings is 1. The minimum Gasteiger partial charge on any atom is -0.465 e. The molecule has 2 atom stereocenters. The number of hydrogen-bond donors (Lipinski definition) is 1. The van der Waals surface area contributed by atoms with Gasteiger partial charge in [0, 0.05) is 6.54 Å². The van der Waals surface area contributed by atoms with Gasteiger partial charge in [-0.25, -0.2) is 14.0 Å². The van der Waals surface area contributed by atoms with Crippen molar-refractivity contribution in [3.63, 3.8) is 0 Å². The molecule has 0 saturated carbocycles. The minimum absolute atomic E-state index is 0.207. The molecule has 0 aliphatic carbocycles. The van der Waals surface area contributed by atoms with Gasteiger partial charge >= 0.3 is 12.1 Å². The molecular formula is C12H15BrFN3O4. The number of aromatic nitrogens is 2. The molecule has 0 aromatic carbocycles. The first-order valence-corrected chi connectivity index (χ1v) is 7.27. The Kier molecular flexibility index (Phi) is 4.81. The van der Waals surface area contributed by atoms with Gasteiger partial charge in [-0.05, 0) is 29.3 Å². The molecule has 2 heterocycles. The molecule has 116 valence electrons. The molecular weight excluding hydrogens is 349 g/mol. The smallest absolute Gasteiger partial charge is 0.407 e. The lowest BCUT2D eigenvalue weighted by Crippen LogP contribution is -2.45. The van der Waals surface area contributed by atoms with Gasteiger partial charge in [0.25, 0.3) is 0 Å². The highest BCUT2D eigenvalue weighted by atomic mass is 79.9. The zero-order valence-electron chi connectivity index (χ0n) is 11.3. The number of nitrogens with zero attached hydrogens (tertiary/aromatic N) is 3. The molecule has 9 heteroatoms. The third-order valence-electron chi connectivity index (χ3n) is 3.32. The number of likely N-dealkylation sites (tertiary alicyclic amines) is 1. The van der Waals surface area contributed by atoms with Crippen LogP contribution in [0.4, 0.5) is 9.18 Å². The molecule has 1 aromatic heterocycles. The molecule has 0 spiro atoms. The van der Waals surface area contributed by atoms with Gasteiger partial charge in [0.2, 0.25) is 0 Å². The predicted molar refractivity (Wildman–Crippen MR) is 74.0 cm³/mol. The number of carbonyl (C=O) groups is 2. The van der Waals surface area contributed by atoms with Crippen molar-refractivity contribution in [2.24, 2.45) is 0 Å². The van der Waals surface area contributed by atoms with Crippen LogP contribution in [-0.2, 0) is 4.74 Å². The van der Waals surface area contributed by atoms with Crippen molar-refractivity contribution in [3.8, 4) is 0 Å². The molecule has 1 aliphatic heterocycles. The van der Waals surface area contributed by atoms with Crippen LogP contribution in [-0.4, -0.2) is 57.7 Å². The van der Waals surface area contributed by atoms with Gasteiger partial charge in [-0.2, -0.15) is 5.10 Å². The van der Waals surface area contributed by atoms with Gasteiger partial charge < -0.3 is 14.7 Å². The van der Waals surface area contributed by atoms with E-state index < -0.39 is 24.3 Å². The van der Waals surface area contributed by atoms with Gasteiger partial charge in [0.1, 0.15) is 16.3 Å². The molecule has 1 amide bonds. The maximum atomic E-state index is 14.2. The number of esters is 1. The van der Waals surface area contributed by atoms with Crippen molar-refractivity contribution in [1.82, 2.24) is 14.7 Å². The van der Waals surface area contributed by atoms with E-state index in [1.165, 1.54) is 10.9 Å². The molecule has 1 saturated heterocycles. The predicted octanol–water partition coefficient (Wildman–Crippen LogP) is 2.09. The zero-order chi connectivity index (χ0) is 15.6. The Hall–Kier alpha value is -1.64. The van der Waals surface area contributed by atoms with Crippen molar-refractivity contribution >= 4 is 28.0 Å². The molecule has 1 fully saturated rings. The second kappa shape index (κ2) is 6.42. The molecule has 0 bridgehead atoms. The Morgan fingerprint density at radius 3 is 2.90 bits per heavy atom. The Morgan fingerprint density at radius 1 is 1.62 bits per heavy atom. The second-order valence-electron chi connectivity index (χ2n) is 4.61. The summed E-state index contributed by atoms with van der Waals surface area (Å²) < 4.78 is 20.8. The summed E-state index contributed by atoms with van der Waals surface area (Å²) in [6, 6.07) is -0.613. The fourth-order valence-electron chi connectivity index (χ4n) is 2.27. The third-order valence-corrected chi connectivity index (χ3v) is 4.11. The molecule has 1 aliphatic rings. The first-order chi connectivity index (χ1) is 9.95. The van der Waals surface area contributed by atoms with Gasteiger partial charge in [-0.15, -0.1) is 0 Å². The standard InChI is InChI=1S/C12H15BrFN3O4/c1-2-21-11(18)7-5-15-17(10(7)13)9-3-4-16(12(19)20)6-8(9)14/h5,8-9H,2-4,6H2,1H3,(H,19,20). The molecule has 1 aromatic rings. The van der Waals surface area contributed by atoms with Crippen molar-refractivity contribution in [3.05, 3.63) is 16.4 Å². The summed E-state index contributed by atoms with van der Waals surface area (Å²) in [6.45, 7) is 1.94. The van der Waals surface area contributed by atoms with Crippen LogP contribution in [0, 0.1) is 0 Å². The first kappa shape index (κ1) is 15.7. The topological polar surface area (TPSA) is 84.7 Å². The molecule has 1 N–H and O–H groups in total. The lowest BCUT2D eigenvalue weighted by molar-refractivity contribution is 0.0524. The number of amides is 1. The molecule has 21 heavy (non-hydrogen) atoms. The van der Waals surface area contributed by atoms with Gasteiger partial charge in [-0.1, -0.05) is 0 Å². The van der Waals surface area contributed by atoms with Crippen molar-refractivity contribution in [2.75, 3.05) is 19.7 Å². The summed E-state index contributed by atoms with van der Waals surface area (Å²) in [5.41, 5.74) is 0.227. The van der Waals surface area contributed by atoms with Crippen LogP contribution in [0.25, 0.3) is 0 Å². The van der Waals surface area contributed by atoms with E-state index in [1.807, 2.05) is 0 Å². The van der Waals surface area contributed by atoms with Crippen LogP contribution in [0.3, 0.4) is 0 Å². The summed E-state index contributed by atoms with van der Waals surface area (Å²) in [6.07, 6.45) is -0.919. The molecule has 2 rings (SSSR count). The van der Waals surface area contributed by atoms with Gasteiger partial charge in [0.15, 0.2) is 0 Å². The maximum absolute atomic E-state index is 14.2. The van der Waals surface area contributed by atoms with E-state index in [-0.39, 0.29) is 31.7 Å². The van der Waals surface area contributed by atoms with E-state index in [9.17, 15) is 14.0 Å². The number of carbonyl (C=O) groups excluding carboxylic acids is 1. The normalized spacial score (nSPS) is 22.1. The van der Waals surface area contributed by atoms with Crippen molar-refractivity contribution in [1.29, 1.82) is 0 Å². The molecule has 2 unspecified atom stereocenters. The van der Waals surface area contributed by atoms with Crippen molar-refractivity contribution < 1.29 is 23.8 Å². The fourth-order valence-corrected chi connectivity index (χ4v) is 2.88. The van der Waals surface area contributed by atoms with Crippen LogP contribution in [0.5, 0.6) is 0 Å². The highest BCUT2D eigenvalue weighted by Gasteiger charge is 2.35. The van der Waals surface area contributed by atoms with E-state index in [0.29, 0.717) is 4.60 Å². The SMILES string of the molecule is CCOC(=O)c1cnn(C2CCN(C(=O)O)CC2F)c1Br. The summed E-state index contributed by atoms with van der Waals surface area (Å²) in [5, 5.41) is 12.9. The Labute approximate surface area is 128 Å². The van der Waals surface area contributed by atoms with E-state index in [1.54, 1.807) is 6.92 Å². The lowest BCUT2D eigenvalue weighted by Gasteiger charge is -2.33. The summed E-state index contributed by atoms with van der Waals surface area (Å²) in [7, 11) is 0. The second-order valence-corrected chi connectivity index (χ2v) is 5.37. The zero-order valence-corrected chi connectivity index (χ0v) is 12.9. The monoisotopic (exact) mass is 363 g/mol. The minimum atomic E-state index is -1.39. The van der Waals surface area contributed by atoms with Crippen LogP contribution >= 0.6 is 15.9 Å². The quantitative estimate of drug-likeness (QED) is 0.831. The average Bonchev–Trinajstić information content (AvgIpc) is 2.80. The number of halogens is 2. The number of carboxylic acid groups (broad SMARTS) is 1. The Bertz CT molecular complexity index is 551. The number of rotatable bonds is 3. The van der Waals surface area contributed by atoms with Crippen LogP contribution in [0.1, 0.15) is 29.7 Å².